The second-order valence-corrected chi connectivity index (χ2v) is 28.7. The Labute approximate surface area is 499 Å². The molecule has 14 heteroatoms. The second-order valence-electron chi connectivity index (χ2n) is 26.8. The Bertz CT molecular complexity index is 4350. The van der Waals surface area contributed by atoms with Crippen LogP contribution in [-0.2, 0) is 32.1 Å². The van der Waals surface area contributed by atoms with Gasteiger partial charge in [0.05, 0.1) is 58.9 Å². The minimum Gasteiger partial charge on any atom is -0.467 e. The molecule has 84 heavy (non-hydrogen) atoms. The van der Waals surface area contributed by atoms with Crippen LogP contribution in [0, 0.1) is 41.9 Å². The van der Waals surface area contributed by atoms with Gasteiger partial charge < -0.3 is 22.9 Å². The van der Waals surface area contributed by atoms with Gasteiger partial charge in [0.2, 0.25) is 5.89 Å². The van der Waals surface area contributed by atoms with Gasteiger partial charge in [-0.15, -0.1) is 11.3 Å². The van der Waals surface area contributed by atoms with E-state index in [-0.39, 0.29) is 22.3 Å². The van der Waals surface area contributed by atoms with Crippen LogP contribution in [0.25, 0.3) is 49.8 Å². The third-order valence-corrected chi connectivity index (χ3v) is 24.6. The number of fused-ring (bicyclic) bond motifs is 9. The van der Waals surface area contributed by atoms with E-state index < -0.39 is 0 Å². The Hall–Kier alpha value is -6.42. The Balaban J connectivity index is 0.701. The SMILES string of the molecule is CCC12C=C(c3nc(CC4CN5CCc6c7n(c8ccccc68)C(c6nc(C)ns6)=C[C@](CC)(C4)[C@@H]75)c(C)s3)n3c4c(c5ccccc53)CCN(CC(Cc3nc(C5=C[C@]6(CC)CCCN7CCc8c(n5c5ccccc85)[C@@H]76)oc3OC)C1)[C@H]42. The summed E-state index contributed by atoms with van der Waals surface area (Å²) < 4.78 is 25.7. The number of thiazole rings is 1. The first-order valence-electron chi connectivity index (χ1n) is 31.7. The number of aryl methyl sites for hydroxylation is 2. The van der Waals surface area contributed by atoms with Crippen molar-refractivity contribution in [3.8, 4) is 5.95 Å². The standard InChI is InChI=1S/C70H74N10O2S2/c1-7-68-26-16-27-75-28-23-47-44-17-10-13-20-52(44)78(58(47)61(68)75)55(35-68)64-72-51(67(81-6)82-64)32-43-34-69(8-2)36-56(79-53-21-14-11-18-45(53)48-24-30-77(39-43)62(69)59(48)79)65-73-50(40(4)83-65)31-42-33-70(9-3)37-57(66-71-41(5)74-84-66)80-54-22-15-12-19-46(54)49-25-29-76(38-42)63(70)60(49)80/h10-15,17-22,35-37,42-43,61-63H,7-9,16,23-34,38-39H2,1-6H3/t42?,43?,61-,62-,63-,68+,69?,70+/m1/s1. The molecular formula is C70H74N10O2S2. The number of methoxy groups -OCH3 is 1. The third-order valence-electron chi connectivity index (χ3n) is 22.8. The first-order valence-corrected chi connectivity index (χ1v) is 33.3. The van der Waals surface area contributed by atoms with Gasteiger partial charge in [-0.05, 0) is 168 Å². The van der Waals surface area contributed by atoms with E-state index in [9.17, 15) is 0 Å². The molecule has 3 aromatic carbocycles. The summed E-state index contributed by atoms with van der Waals surface area (Å²) in [5, 5.41) is 6.36. The lowest BCUT2D eigenvalue weighted by molar-refractivity contribution is -0.00554. The summed E-state index contributed by atoms with van der Waals surface area (Å²) in [7, 11) is 1.77. The summed E-state index contributed by atoms with van der Waals surface area (Å²) in [4.78, 5) is 26.4. The van der Waals surface area contributed by atoms with Crippen molar-refractivity contribution in [2.75, 3.05) is 46.4 Å². The van der Waals surface area contributed by atoms with Crippen LogP contribution >= 0.6 is 22.9 Å². The number of hydrogen-bond acceptors (Lipinski definition) is 11. The minimum atomic E-state index is -0.111. The van der Waals surface area contributed by atoms with Gasteiger partial charge in [-0.3, -0.25) is 14.7 Å². The fraction of sp³-hybridized carbons (Fsp3) is 0.457. The highest BCUT2D eigenvalue weighted by Crippen LogP contribution is 2.63. The number of piperidine rings is 3. The molecule has 3 saturated heterocycles. The molecule has 0 N–H and O–H groups in total. The van der Waals surface area contributed by atoms with E-state index >= 15 is 0 Å². The van der Waals surface area contributed by atoms with E-state index in [4.69, 9.17) is 28.5 Å². The van der Waals surface area contributed by atoms with Gasteiger partial charge in [-0.1, -0.05) is 75.4 Å². The van der Waals surface area contributed by atoms with Gasteiger partial charge in [0, 0.05) is 93.5 Å². The summed E-state index contributed by atoms with van der Waals surface area (Å²) in [5.74, 6) is 2.90. The van der Waals surface area contributed by atoms with Crippen LogP contribution in [0.4, 0.5) is 0 Å². The molecule has 6 aromatic heterocycles. The number of oxazole rings is 1. The molecule has 3 fully saturated rings. The molecule has 9 aliphatic heterocycles. The molecule has 0 radical (unpaired) electrons. The predicted molar refractivity (Wildman–Crippen MR) is 336 cm³/mol. The van der Waals surface area contributed by atoms with Crippen molar-refractivity contribution in [1.29, 1.82) is 0 Å². The number of para-hydroxylation sites is 3. The van der Waals surface area contributed by atoms with E-state index in [1.807, 2.05) is 18.3 Å². The minimum absolute atomic E-state index is 0.0229. The van der Waals surface area contributed by atoms with Gasteiger partial charge in [0.15, 0.2) is 5.01 Å². The van der Waals surface area contributed by atoms with Crippen molar-refractivity contribution < 1.29 is 9.15 Å². The zero-order chi connectivity index (χ0) is 56.1. The largest absolute Gasteiger partial charge is 0.467 e. The molecule has 8 atom stereocenters. The lowest BCUT2D eigenvalue weighted by Crippen LogP contribution is -2.54. The van der Waals surface area contributed by atoms with Crippen LogP contribution in [0.2, 0.25) is 0 Å². The van der Waals surface area contributed by atoms with Crippen LogP contribution in [0.5, 0.6) is 5.95 Å². The first kappa shape index (κ1) is 50.9. The number of rotatable bonds is 11. The van der Waals surface area contributed by atoms with Gasteiger partial charge in [0.25, 0.3) is 0 Å². The summed E-state index contributed by atoms with van der Waals surface area (Å²) in [6.45, 7) is 18.2. The second kappa shape index (κ2) is 18.3. The molecule has 18 rings (SSSR count). The maximum atomic E-state index is 6.94. The van der Waals surface area contributed by atoms with Crippen molar-refractivity contribution >= 4 is 72.7 Å². The average molecular weight is 1150 g/mol. The van der Waals surface area contributed by atoms with Crippen molar-refractivity contribution in [1.82, 2.24) is 47.7 Å². The van der Waals surface area contributed by atoms with Gasteiger partial charge >= 0.3 is 5.95 Å². The average Bonchev–Trinajstić information content (AvgIpc) is 1.83. The molecule has 0 saturated carbocycles. The number of aromatic nitrogens is 7. The molecule has 15 heterocycles. The van der Waals surface area contributed by atoms with E-state index in [0.29, 0.717) is 35.8 Å². The Morgan fingerprint density at radius 3 is 1.61 bits per heavy atom. The quantitative estimate of drug-likeness (QED) is 0.125. The number of ether oxygens (including phenoxy) is 1. The fourth-order valence-electron chi connectivity index (χ4n) is 19.4. The highest BCUT2D eigenvalue weighted by atomic mass is 32.1. The van der Waals surface area contributed by atoms with Gasteiger partial charge in [-0.25, -0.2) is 15.0 Å². The maximum Gasteiger partial charge on any atom is 0.308 e. The predicted octanol–water partition coefficient (Wildman–Crippen LogP) is 14.4. The molecule has 0 amide bonds. The summed E-state index contributed by atoms with van der Waals surface area (Å²) in [6.07, 6.45) is 20.7. The fourth-order valence-corrected chi connectivity index (χ4v) is 21.0. The van der Waals surface area contributed by atoms with Gasteiger partial charge in [-0.2, -0.15) is 4.37 Å². The molecule has 12 nitrogen and oxygen atoms in total. The Morgan fingerprint density at radius 2 is 1.07 bits per heavy atom. The first-order chi connectivity index (χ1) is 41.1. The Kier molecular flexibility index (Phi) is 11.1. The monoisotopic (exact) mass is 1150 g/mol. The highest BCUT2D eigenvalue weighted by Gasteiger charge is 2.56. The van der Waals surface area contributed by atoms with E-state index in [0.717, 1.165) is 124 Å². The van der Waals surface area contributed by atoms with Crippen LogP contribution in [0.1, 0.15) is 156 Å². The zero-order valence-corrected chi connectivity index (χ0v) is 51.0. The highest BCUT2D eigenvalue weighted by molar-refractivity contribution is 7.12. The zero-order valence-electron chi connectivity index (χ0n) is 49.4. The van der Waals surface area contributed by atoms with Crippen molar-refractivity contribution in [3.05, 3.63) is 163 Å². The third kappa shape index (κ3) is 6.86. The number of hydrogen-bond donors (Lipinski definition) is 0. The number of nitrogens with zero attached hydrogens (tertiary/aromatic N) is 10. The van der Waals surface area contributed by atoms with E-state index in [1.165, 1.54) is 108 Å². The van der Waals surface area contributed by atoms with Crippen molar-refractivity contribution in [2.24, 2.45) is 28.1 Å². The summed E-state index contributed by atoms with van der Waals surface area (Å²) in [5.41, 5.74) is 18.6. The molecule has 9 aliphatic rings. The molecule has 3 unspecified atom stereocenters. The molecular weight excluding hydrogens is 1080 g/mol. The van der Waals surface area contributed by atoms with Gasteiger partial charge in [0.1, 0.15) is 22.2 Å². The molecule has 0 bridgehead atoms. The van der Waals surface area contributed by atoms with Crippen molar-refractivity contribution in [3.63, 3.8) is 0 Å². The maximum absolute atomic E-state index is 6.94. The van der Waals surface area contributed by atoms with Crippen LogP contribution in [-0.4, -0.2) is 94.1 Å². The van der Waals surface area contributed by atoms with Crippen LogP contribution < -0.4 is 4.74 Å². The van der Waals surface area contributed by atoms with Crippen molar-refractivity contribution in [2.45, 2.75) is 130 Å². The smallest absolute Gasteiger partial charge is 0.308 e. The normalized spacial score (nSPS) is 28.5. The lowest BCUT2D eigenvalue weighted by Gasteiger charge is -2.55. The summed E-state index contributed by atoms with van der Waals surface area (Å²) in [6, 6.07) is 28.4. The van der Waals surface area contributed by atoms with Crippen LogP contribution in [0.15, 0.2) is 95.4 Å². The molecule has 0 spiro atoms. The molecule has 0 aliphatic carbocycles. The van der Waals surface area contributed by atoms with E-state index in [2.05, 4.69) is 147 Å². The number of benzene rings is 3. The molecule has 428 valence electrons. The Morgan fingerprint density at radius 1 is 0.571 bits per heavy atom. The molecule has 9 aromatic rings. The summed E-state index contributed by atoms with van der Waals surface area (Å²) >= 11 is 3.47. The van der Waals surface area contributed by atoms with Crippen LogP contribution in [0.3, 0.4) is 0 Å². The lowest BCUT2D eigenvalue weighted by atomic mass is 9.63. The topological polar surface area (TPSA) is 98.4 Å². The van der Waals surface area contributed by atoms with E-state index in [1.54, 1.807) is 18.6 Å².